The summed E-state index contributed by atoms with van der Waals surface area (Å²) in [6.45, 7) is 0.884. The Morgan fingerprint density at radius 3 is 3.06 bits per heavy atom. The lowest BCUT2D eigenvalue weighted by Crippen LogP contribution is -2.38. The first kappa shape index (κ1) is 22.1. The average molecular weight is 456 g/mol. The fourth-order valence-electron chi connectivity index (χ4n) is 4.24. The van der Waals surface area contributed by atoms with Crippen LogP contribution in [-0.2, 0) is 22.4 Å². The van der Waals surface area contributed by atoms with E-state index in [1.54, 1.807) is 17.0 Å². The molecular weight excluding hydrogens is 430 g/mol. The van der Waals surface area contributed by atoms with E-state index >= 15 is 0 Å². The molecule has 2 aliphatic rings. The lowest BCUT2D eigenvalue weighted by molar-refractivity contribution is -0.111. The maximum Gasteiger partial charge on any atom is 0.410 e. The number of carbonyl (C=O) groups excluding carboxylic acids is 2. The molecule has 0 spiro atoms. The highest BCUT2D eigenvalue weighted by Crippen LogP contribution is 2.39. The minimum Gasteiger partial charge on any atom is -0.472 e. The van der Waals surface area contributed by atoms with Gasteiger partial charge in [-0.25, -0.2) is 4.79 Å². The largest absolute Gasteiger partial charge is 0.472 e. The van der Waals surface area contributed by atoms with E-state index in [-0.39, 0.29) is 30.6 Å². The number of hydrogen-bond donors (Lipinski definition) is 2. The van der Waals surface area contributed by atoms with Crippen LogP contribution < -0.4 is 5.32 Å². The van der Waals surface area contributed by atoms with E-state index in [1.807, 2.05) is 0 Å². The van der Waals surface area contributed by atoms with Gasteiger partial charge in [0.25, 0.3) is 0 Å². The van der Waals surface area contributed by atoms with E-state index in [2.05, 4.69) is 11.4 Å². The zero-order chi connectivity index (χ0) is 22.5. The number of hydrogen-bond acceptors (Lipinski definition) is 7. The smallest absolute Gasteiger partial charge is 0.410 e. The molecule has 2 unspecified atom stereocenters. The van der Waals surface area contributed by atoms with E-state index in [0.29, 0.717) is 36.6 Å². The number of likely N-dealkylation sites (tertiary alicyclic amines) is 1. The normalized spacial score (nSPS) is 20.2. The fraction of sp³-hybridized carbons (Fsp3) is 0.435. The number of aliphatic hydroxyl groups is 1. The standard InChI is InChI=1S/C23H25N3O5S/c24-11-19-18-5-3-16(14-31-23(29)26-8-1-2-17(26)12-27)10-20(18)32-22(19)25-21(28)6-4-15-7-9-30-13-15/h4,6-7,9,13,16-17,27H,1-3,5,8,10,12,14H2,(H,25,28)/b6-4+. The number of rotatable bonds is 6. The lowest BCUT2D eigenvalue weighted by atomic mass is 9.88. The zero-order valence-corrected chi connectivity index (χ0v) is 18.4. The highest BCUT2D eigenvalue weighted by atomic mass is 32.1. The number of furan rings is 1. The highest BCUT2D eigenvalue weighted by molar-refractivity contribution is 7.16. The summed E-state index contributed by atoms with van der Waals surface area (Å²) in [6, 6.07) is 3.83. The number of aliphatic hydroxyl groups excluding tert-OH is 1. The van der Waals surface area contributed by atoms with Crippen molar-refractivity contribution in [1.82, 2.24) is 4.90 Å². The van der Waals surface area contributed by atoms with Gasteiger partial charge < -0.3 is 24.5 Å². The molecule has 2 aromatic rings. The van der Waals surface area contributed by atoms with Crippen LogP contribution in [-0.4, -0.2) is 47.8 Å². The van der Waals surface area contributed by atoms with Crippen LogP contribution in [0.2, 0.25) is 0 Å². The molecule has 32 heavy (non-hydrogen) atoms. The molecule has 0 aromatic carbocycles. The van der Waals surface area contributed by atoms with Crippen LogP contribution in [0.15, 0.2) is 29.1 Å². The van der Waals surface area contributed by atoms with E-state index in [1.165, 1.54) is 29.9 Å². The molecule has 1 fully saturated rings. The quantitative estimate of drug-likeness (QED) is 0.644. The maximum atomic E-state index is 12.4. The number of nitriles is 1. The first-order chi connectivity index (χ1) is 15.6. The van der Waals surface area contributed by atoms with Crippen molar-refractivity contribution >= 4 is 34.4 Å². The van der Waals surface area contributed by atoms with Crippen molar-refractivity contribution in [3.63, 3.8) is 0 Å². The third-order valence-corrected chi connectivity index (χ3v) is 7.12. The van der Waals surface area contributed by atoms with Gasteiger partial charge in [-0.2, -0.15) is 5.26 Å². The molecule has 1 aliphatic heterocycles. The Bertz CT molecular complexity index is 1040. The Morgan fingerprint density at radius 1 is 1.44 bits per heavy atom. The topological polar surface area (TPSA) is 116 Å². The molecule has 2 atom stereocenters. The number of anilines is 1. The first-order valence-corrected chi connectivity index (χ1v) is 11.5. The second kappa shape index (κ2) is 10.0. The van der Waals surface area contributed by atoms with Gasteiger partial charge in [-0.05, 0) is 55.7 Å². The molecule has 2 amide bonds. The molecule has 4 rings (SSSR count). The van der Waals surface area contributed by atoms with Crippen molar-refractivity contribution in [3.8, 4) is 6.07 Å². The van der Waals surface area contributed by atoms with Crippen LogP contribution in [0.4, 0.5) is 9.80 Å². The number of amides is 2. The summed E-state index contributed by atoms with van der Waals surface area (Å²) in [5.41, 5.74) is 2.28. The van der Waals surface area contributed by atoms with Gasteiger partial charge in [0.15, 0.2) is 0 Å². The van der Waals surface area contributed by atoms with Crippen molar-refractivity contribution in [2.75, 3.05) is 25.1 Å². The molecule has 0 bridgehead atoms. The number of thiophene rings is 1. The predicted octanol–water partition coefficient (Wildman–Crippen LogP) is 3.56. The number of nitrogens with one attached hydrogen (secondary N) is 1. The van der Waals surface area contributed by atoms with Crippen LogP contribution in [0.5, 0.6) is 0 Å². The Hall–Kier alpha value is -3.09. The molecule has 1 aliphatic carbocycles. The number of carbonyl (C=O) groups is 2. The van der Waals surface area contributed by atoms with Crippen LogP contribution in [0.3, 0.4) is 0 Å². The molecule has 168 valence electrons. The predicted molar refractivity (Wildman–Crippen MR) is 119 cm³/mol. The molecule has 9 heteroatoms. The van der Waals surface area contributed by atoms with E-state index in [0.717, 1.165) is 35.3 Å². The molecule has 2 aromatic heterocycles. The lowest BCUT2D eigenvalue weighted by Gasteiger charge is -2.25. The third kappa shape index (κ3) is 4.87. The summed E-state index contributed by atoms with van der Waals surface area (Å²) < 4.78 is 10.5. The molecule has 8 nitrogen and oxygen atoms in total. The summed E-state index contributed by atoms with van der Waals surface area (Å²) in [4.78, 5) is 27.3. The molecule has 1 saturated heterocycles. The Morgan fingerprint density at radius 2 is 2.31 bits per heavy atom. The molecule has 0 saturated carbocycles. The molecule has 2 N–H and O–H groups in total. The maximum absolute atomic E-state index is 12.4. The van der Waals surface area contributed by atoms with Crippen molar-refractivity contribution < 1.29 is 23.8 Å². The second-order valence-corrected chi connectivity index (χ2v) is 9.16. The Balaban J connectivity index is 1.36. The van der Waals surface area contributed by atoms with E-state index in [9.17, 15) is 20.0 Å². The van der Waals surface area contributed by atoms with Crippen LogP contribution in [0.1, 0.15) is 40.8 Å². The minimum atomic E-state index is -0.367. The van der Waals surface area contributed by atoms with Gasteiger partial charge >= 0.3 is 6.09 Å². The summed E-state index contributed by atoms with van der Waals surface area (Å²) >= 11 is 1.41. The minimum absolute atomic E-state index is 0.0419. The van der Waals surface area contributed by atoms with Crippen LogP contribution in [0, 0.1) is 17.2 Å². The van der Waals surface area contributed by atoms with Crippen LogP contribution >= 0.6 is 11.3 Å². The van der Waals surface area contributed by atoms with Crippen molar-refractivity contribution in [1.29, 1.82) is 5.26 Å². The summed E-state index contributed by atoms with van der Waals surface area (Å²) in [5, 5.41) is 22.4. The second-order valence-electron chi connectivity index (χ2n) is 8.06. The van der Waals surface area contributed by atoms with Gasteiger partial charge in [-0.15, -0.1) is 11.3 Å². The summed E-state index contributed by atoms with van der Waals surface area (Å²) in [5.74, 6) is -0.146. The summed E-state index contributed by atoms with van der Waals surface area (Å²) in [7, 11) is 0. The zero-order valence-electron chi connectivity index (χ0n) is 17.6. The Labute approximate surface area is 190 Å². The molecule has 0 radical (unpaired) electrons. The van der Waals surface area contributed by atoms with E-state index < -0.39 is 0 Å². The van der Waals surface area contributed by atoms with Gasteiger partial charge in [0, 0.05) is 23.1 Å². The number of ether oxygens (including phenoxy) is 1. The van der Waals surface area contributed by atoms with E-state index in [4.69, 9.17) is 9.15 Å². The highest BCUT2D eigenvalue weighted by Gasteiger charge is 2.31. The van der Waals surface area contributed by atoms with Gasteiger partial charge in [-0.1, -0.05) is 0 Å². The third-order valence-electron chi connectivity index (χ3n) is 5.95. The van der Waals surface area contributed by atoms with Crippen molar-refractivity contribution in [2.45, 2.75) is 38.1 Å². The first-order valence-electron chi connectivity index (χ1n) is 10.7. The molecule has 3 heterocycles. The fourth-order valence-corrected chi connectivity index (χ4v) is 5.55. The van der Waals surface area contributed by atoms with Gasteiger partial charge in [0.05, 0.1) is 37.3 Å². The van der Waals surface area contributed by atoms with Crippen LogP contribution in [0.25, 0.3) is 6.08 Å². The number of fused-ring (bicyclic) bond motifs is 1. The van der Waals surface area contributed by atoms with Gasteiger partial charge in [-0.3, -0.25) is 4.79 Å². The Kier molecular flexibility index (Phi) is 6.93. The SMILES string of the molecule is N#Cc1c(NC(=O)/C=C/c2ccoc2)sc2c1CCC(COC(=O)N1CCCC1CO)C2. The summed E-state index contributed by atoms with van der Waals surface area (Å²) in [6.07, 6.45) is 9.65. The van der Waals surface area contributed by atoms with Crippen molar-refractivity contribution in [3.05, 3.63) is 46.2 Å². The molecular formula is C23H25N3O5S. The van der Waals surface area contributed by atoms with Gasteiger partial charge in [0.1, 0.15) is 11.1 Å². The van der Waals surface area contributed by atoms with Gasteiger partial charge in [0.2, 0.25) is 5.91 Å². The average Bonchev–Trinajstić information content (AvgIpc) is 3.55. The van der Waals surface area contributed by atoms with Crippen molar-refractivity contribution in [2.24, 2.45) is 5.92 Å². The monoisotopic (exact) mass is 455 g/mol. The number of nitrogens with zero attached hydrogens (tertiary/aromatic N) is 2.